The highest BCUT2D eigenvalue weighted by molar-refractivity contribution is 5.80. The standard InChI is InChI=1S/C11H10N4O3/c1-2-18-8(16)5-3-4-7-9-10(15-14-7)12-6-13-11(9)17/h6H,2,5H2,1H3,(H2,12,13,14,15,17). The van der Waals surface area contributed by atoms with Gasteiger partial charge < -0.3 is 9.72 Å². The number of hydrogen-bond donors (Lipinski definition) is 2. The van der Waals surface area contributed by atoms with Crippen molar-refractivity contribution in [1.82, 2.24) is 20.2 Å². The fraction of sp³-hybridized carbons (Fsp3) is 0.273. The van der Waals surface area contributed by atoms with E-state index in [0.29, 0.717) is 17.9 Å². The summed E-state index contributed by atoms with van der Waals surface area (Å²) < 4.78 is 4.72. The number of carbonyl (C=O) groups is 1. The van der Waals surface area contributed by atoms with E-state index in [1.165, 1.54) is 6.33 Å². The zero-order valence-electron chi connectivity index (χ0n) is 9.61. The molecule has 2 aromatic rings. The predicted molar refractivity (Wildman–Crippen MR) is 62.6 cm³/mol. The van der Waals surface area contributed by atoms with Crippen molar-refractivity contribution < 1.29 is 9.53 Å². The van der Waals surface area contributed by atoms with Gasteiger partial charge in [-0.05, 0) is 12.8 Å². The SMILES string of the molecule is CCOC(=O)CC#Cc1[nH]nc2nc[nH]c(=O)c12. The summed E-state index contributed by atoms with van der Waals surface area (Å²) in [7, 11) is 0. The topological polar surface area (TPSA) is 101 Å². The number of hydrogen-bond acceptors (Lipinski definition) is 5. The minimum Gasteiger partial charge on any atom is -0.465 e. The first-order chi connectivity index (χ1) is 8.72. The molecule has 7 heteroatoms. The lowest BCUT2D eigenvalue weighted by atomic mass is 10.3. The average molecular weight is 246 g/mol. The van der Waals surface area contributed by atoms with Crippen LogP contribution in [0.5, 0.6) is 0 Å². The lowest BCUT2D eigenvalue weighted by Crippen LogP contribution is -2.06. The predicted octanol–water partition coefficient (Wildman–Crippen LogP) is -0.0491. The third-order valence-electron chi connectivity index (χ3n) is 2.11. The van der Waals surface area contributed by atoms with Crippen LogP contribution in [0.25, 0.3) is 11.0 Å². The van der Waals surface area contributed by atoms with Crippen molar-refractivity contribution in [3.05, 3.63) is 22.4 Å². The molecule has 0 radical (unpaired) electrons. The number of rotatable bonds is 2. The molecule has 18 heavy (non-hydrogen) atoms. The number of aromatic amines is 2. The van der Waals surface area contributed by atoms with Gasteiger partial charge in [0.05, 0.1) is 12.9 Å². The molecule has 0 saturated heterocycles. The summed E-state index contributed by atoms with van der Waals surface area (Å²) in [4.78, 5) is 28.9. The van der Waals surface area contributed by atoms with Crippen LogP contribution in [-0.4, -0.2) is 32.7 Å². The van der Waals surface area contributed by atoms with E-state index in [9.17, 15) is 9.59 Å². The summed E-state index contributed by atoms with van der Waals surface area (Å²) in [6.07, 6.45) is 1.23. The smallest absolute Gasteiger partial charge is 0.317 e. The highest BCUT2D eigenvalue weighted by Crippen LogP contribution is 2.05. The van der Waals surface area contributed by atoms with Crippen molar-refractivity contribution >= 4 is 17.0 Å². The molecule has 0 saturated carbocycles. The van der Waals surface area contributed by atoms with E-state index < -0.39 is 5.97 Å². The Labute approximate surface area is 102 Å². The summed E-state index contributed by atoms with van der Waals surface area (Å²) in [5.41, 5.74) is 0.303. The van der Waals surface area contributed by atoms with Crippen LogP contribution in [0.3, 0.4) is 0 Å². The zero-order chi connectivity index (χ0) is 13.0. The molecule has 2 rings (SSSR count). The number of H-pyrrole nitrogens is 2. The molecule has 0 aliphatic heterocycles. The minimum atomic E-state index is -0.402. The number of nitrogens with one attached hydrogen (secondary N) is 2. The molecule has 0 atom stereocenters. The summed E-state index contributed by atoms with van der Waals surface area (Å²) in [5.74, 6) is 4.88. The molecule has 0 aromatic carbocycles. The zero-order valence-corrected chi connectivity index (χ0v) is 9.61. The quantitative estimate of drug-likeness (QED) is 0.571. The van der Waals surface area contributed by atoms with Crippen molar-refractivity contribution in [3.63, 3.8) is 0 Å². The highest BCUT2D eigenvalue weighted by Gasteiger charge is 2.07. The van der Waals surface area contributed by atoms with Gasteiger partial charge in [0.15, 0.2) is 5.65 Å². The van der Waals surface area contributed by atoms with Crippen LogP contribution in [0, 0.1) is 11.8 Å². The van der Waals surface area contributed by atoms with Gasteiger partial charge in [0.2, 0.25) is 0 Å². The van der Waals surface area contributed by atoms with Crippen molar-refractivity contribution in [2.45, 2.75) is 13.3 Å². The Morgan fingerprint density at radius 3 is 3.17 bits per heavy atom. The van der Waals surface area contributed by atoms with Crippen LogP contribution in [0.1, 0.15) is 19.0 Å². The molecular weight excluding hydrogens is 236 g/mol. The van der Waals surface area contributed by atoms with Gasteiger partial charge in [0.25, 0.3) is 5.56 Å². The number of esters is 1. The van der Waals surface area contributed by atoms with Crippen molar-refractivity contribution in [2.24, 2.45) is 0 Å². The Kier molecular flexibility index (Phi) is 3.38. The van der Waals surface area contributed by atoms with Crippen LogP contribution in [0.15, 0.2) is 11.1 Å². The number of carbonyl (C=O) groups excluding carboxylic acids is 1. The molecule has 0 unspecified atom stereocenters. The van der Waals surface area contributed by atoms with Crippen molar-refractivity contribution in [2.75, 3.05) is 6.61 Å². The Hall–Kier alpha value is -2.62. The number of nitrogens with zero attached hydrogens (tertiary/aromatic N) is 2. The third-order valence-corrected chi connectivity index (χ3v) is 2.11. The fourth-order valence-electron chi connectivity index (χ4n) is 1.37. The Bertz CT molecular complexity index is 689. The molecule has 0 spiro atoms. The van der Waals surface area contributed by atoms with Gasteiger partial charge in [0, 0.05) is 0 Å². The molecule has 2 N–H and O–H groups in total. The molecule has 7 nitrogen and oxygen atoms in total. The molecule has 0 aliphatic rings. The maximum absolute atomic E-state index is 11.5. The Morgan fingerprint density at radius 2 is 2.39 bits per heavy atom. The average Bonchev–Trinajstić information content (AvgIpc) is 2.74. The van der Waals surface area contributed by atoms with E-state index >= 15 is 0 Å². The van der Waals surface area contributed by atoms with Gasteiger partial charge in [-0.25, -0.2) is 4.98 Å². The second-order valence-electron chi connectivity index (χ2n) is 3.31. The van der Waals surface area contributed by atoms with E-state index in [4.69, 9.17) is 4.74 Å². The van der Waals surface area contributed by atoms with Crippen LogP contribution in [-0.2, 0) is 9.53 Å². The molecule has 92 valence electrons. The summed E-state index contributed by atoms with van der Waals surface area (Å²) in [5, 5.41) is 6.73. The van der Waals surface area contributed by atoms with Crippen LogP contribution in [0.2, 0.25) is 0 Å². The van der Waals surface area contributed by atoms with Gasteiger partial charge in [-0.15, -0.1) is 0 Å². The molecule has 0 bridgehead atoms. The van der Waals surface area contributed by atoms with E-state index in [-0.39, 0.29) is 17.4 Å². The molecule has 2 heterocycles. The molecule has 2 aromatic heterocycles. The monoisotopic (exact) mass is 246 g/mol. The van der Waals surface area contributed by atoms with Crippen LogP contribution < -0.4 is 5.56 Å². The highest BCUT2D eigenvalue weighted by atomic mass is 16.5. The maximum atomic E-state index is 11.5. The largest absolute Gasteiger partial charge is 0.465 e. The van der Waals surface area contributed by atoms with Gasteiger partial charge in [-0.2, -0.15) is 5.10 Å². The van der Waals surface area contributed by atoms with E-state index in [1.807, 2.05) is 0 Å². The van der Waals surface area contributed by atoms with Gasteiger partial charge >= 0.3 is 5.97 Å². The normalized spacial score (nSPS) is 9.83. The first-order valence-electron chi connectivity index (χ1n) is 5.28. The molecule has 0 fully saturated rings. The Balaban J connectivity index is 2.25. The van der Waals surface area contributed by atoms with E-state index in [2.05, 4.69) is 32.0 Å². The lowest BCUT2D eigenvalue weighted by molar-refractivity contribution is -0.141. The summed E-state index contributed by atoms with van der Waals surface area (Å²) in [6.45, 7) is 2.04. The second-order valence-corrected chi connectivity index (χ2v) is 3.31. The molecule has 0 aliphatic carbocycles. The third kappa shape index (κ3) is 2.38. The fourth-order valence-corrected chi connectivity index (χ4v) is 1.37. The van der Waals surface area contributed by atoms with Crippen molar-refractivity contribution in [1.29, 1.82) is 0 Å². The maximum Gasteiger partial charge on any atom is 0.317 e. The first-order valence-corrected chi connectivity index (χ1v) is 5.28. The van der Waals surface area contributed by atoms with Gasteiger partial charge in [-0.1, -0.05) is 5.92 Å². The van der Waals surface area contributed by atoms with Crippen LogP contribution in [0.4, 0.5) is 0 Å². The minimum absolute atomic E-state index is 0.0352. The second kappa shape index (κ2) is 5.14. The van der Waals surface area contributed by atoms with Gasteiger partial charge in [-0.3, -0.25) is 14.7 Å². The first kappa shape index (κ1) is 11.9. The van der Waals surface area contributed by atoms with Gasteiger partial charge in [0.1, 0.15) is 17.5 Å². The lowest BCUT2D eigenvalue weighted by Gasteiger charge is -1.94. The van der Waals surface area contributed by atoms with E-state index in [0.717, 1.165) is 0 Å². The Morgan fingerprint density at radius 1 is 1.56 bits per heavy atom. The van der Waals surface area contributed by atoms with Crippen molar-refractivity contribution in [3.8, 4) is 11.8 Å². The molecule has 0 amide bonds. The van der Waals surface area contributed by atoms with Crippen LogP contribution >= 0.6 is 0 Å². The summed E-state index contributed by atoms with van der Waals surface area (Å²) >= 11 is 0. The molecular formula is C11H10N4O3. The number of fused-ring (bicyclic) bond motifs is 1. The number of ether oxygens (including phenoxy) is 1. The number of aromatic nitrogens is 4. The van der Waals surface area contributed by atoms with E-state index in [1.54, 1.807) is 6.92 Å². The summed E-state index contributed by atoms with van der Waals surface area (Å²) in [6, 6.07) is 0.